The molecule has 0 spiro atoms. The van der Waals surface area contributed by atoms with Crippen LogP contribution >= 0.6 is 22.6 Å². The van der Waals surface area contributed by atoms with Gasteiger partial charge in [-0.05, 0) is 71.0 Å². The number of allylic oxidation sites excluding steroid dienone is 1. The Morgan fingerprint density at radius 2 is 1.92 bits per heavy atom. The van der Waals surface area contributed by atoms with E-state index in [-0.39, 0.29) is 5.56 Å². The molecule has 1 N–H and O–H groups in total. The molecule has 0 atom stereocenters. The fourth-order valence-electron chi connectivity index (χ4n) is 2.27. The maximum Gasteiger partial charge on any atom is 0.335 e. The second-order valence-corrected chi connectivity index (χ2v) is 6.18. The first kappa shape index (κ1) is 18.8. The normalized spacial score (nSPS) is 10.9. The van der Waals surface area contributed by atoms with Gasteiger partial charge in [0.05, 0.1) is 34.5 Å². The summed E-state index contributed by atoms with van der Waals surface area (Å²) in [6.07, 6.45) is 1.74. The molecule has 0 unspecified atom stereocenters. The van der Waals surface area contributed by atoms with Crippen LogP contribution in [0, 0.1) is 14.9 Å². The molecule has 2 rings (SSSR count). The molecule has 5 nitrogen and oxygen atoms in total. The Balaban J connectivity index is 2.45. The number of nitrogens with zero attached hydrogens (tertiary/aromatic N) is 1. The molecule has 0 fully saturated rings. The maximum absolute atomic E-state index is 10.9. The highest BCUT2D eigenvalue weighted by Gasteiger charge is 2.11. The monoisotopic (exact) mass is 449 g/mol. The smallest absolute Gasteiger partial charge is 0.335 e. The highest BCUT2D eigenvalue weighted by atomic mass is 127. The van der Waals surface area contributed by atoms with Gasteiger partial charge in [0.25, 0.3) is 0 Å². The molecule has 2 aromatic carbocycles. The third kappa shape index (κ3) is 4.51. The Bertz CT molecular complexity index is 851. The molecule has 0 saturated carbocycles. The fraction of sp³-hybridized carbons (Fsp3) is 0.158. The molecule has 25 heavy (non-hydrogen) atoms. The molecule has 0 aliphatic heterocycles. The van der Waals surface area contributed by atoms with Crippen LogP contribution in [-0.2, 0) is 0 Å². The number of methoxy groups -OCH3 is 1. The zero-order valence-electron chi connectivity index (χ0n) is 13.7. The minimum absolute atomic E-state index is 0.179. The lowest BCUT2D eigenvalue weighted by molar-refractivity contribution is 0.0697. The molecule has 0 aromatic heterocycles. The number of hydrogen-bond acceptors (Lipinski definition) is 4. The van der Waals surface area contributed by atoms with Gasteiger partial charge in [-0.15, -0.1) is 0 Å². The lowest BCUT2D eigenvalue weighted by Gasteiger charge is -2.12. The highest BCUT2D eigenvalue weighted by molar-refractivity contribution is 14.1. The van der Waals surface area contributed by atoms with Gasteiger partial charge in [0.15, 0.2) is 11.5 Å². The zero-order valence-corrected chi connectivity index (χ0v) is 15.9. The third-order valence-electron chi connectivity index (χ3n) is 3.41. The molecule has 0 bridgehead atoms. The standard InChI is InChI=1S/C19H16INO4/c1-3-25-17-10-12(9-16(20)18(17)24-2)8-15(11-21)13-4-6-14(7-5-13)19(22)23/h4-10H,3H2,1-2H3,(H,22,23)/b15-8-. The Labute approximate surface area is 159 Å². The number of carbonyl (C=O) groups is 1. The van der Waals surface area contributed by atoms with E-state index in [1.165, 1.54) is 12.1 Å². The summed E-state index contributed by atoms with van der Waals surface area (Å²) in [5.74, 6) is 0.269. The topological polar surface area (TPSA) is 79.5 Å². The number of nitriles is 1. The van der Waals surface area contributed by atoms with Gasteiger partial charge in [-0.1, -0.05) is 12.1 Å². The van der Waals surface area contributed by atoms with Crippen molar-refractivity contribution in [3.8, 4) is 17.6 Å². The van der Waals surface area contributed by atoms with E-state index in [1.54, 1.807) is 25.3 Å². The quantitative estimate of drug-likeness (QED) is 0.400. The maximum atomic E-state index is 10.9. The van der Waals surface area contributed by atoms with Gasteiger partial charge in [-0.25, -0.2) is 4.79 Å². The van der Waals surface area contributed by atoms with Crippen molar-refractivity contribution in [1.29, 1.82) is 5.26 Å². The molecule has 2 aromatic rings. The summed E-state index contributed by atoms with van der Waals surface area (Å²) in [6, 6.07) is 12.1. The number of halogens is 1. The van der Waals surface area contributed by atoms with Gasteiger partial charge in [0.2, 0.25) is 0 Å². The SMILES string of the molecule is CCOc1cc(/C=C(/C#N)c2ccc(C(=O)O)cc2)cc(I)c1OC. The second kappa shape index (κ2) is 8.53. The van der Waals surface area contributed by atoms with Crippen LogP contribution in [0.15, 0.2) is 36.4 Å². The number of carboxylic acid groups (broad SMARTS) is 1. The average Bonchev–Trinajstić information content (AvgIpc) is 2.60. The molecule has 0 saturated heterocycles. The number of ether oxygens (including phenoxy) is 2. The Morgan fingerprint density at radius 1 is 1.28 bits per heavy atom. The van der Waals surface area contributed by atoms with Crippen molar-refractivity contribution in [2.75, 3.05) is 13.7 Å². The summed E-state index contributed by atoms with van der Waals surface area (Å²) in [4.78, 5) is 10.9. The molecule has 0 aliphatic rings. The van der Waals surface area contributed by atoms with Crippen LogP contribution in [0.2, 0.25) is 0 Å². The van der Waals surface area contributed by atoms with E-state index in [1.807, 2.05) is 19.1 Å². The van der Waals surface area contributed by atoms with Crippen LogP contribution in [0.1, 0.15) is 28.4 Å². The predicted octanol–water partition coefficient (Wildman–Crippen LogP) is 4.46. The molecule has 0 amide bonds. The number of hydrogen-bond donors (Lipinski definition) is 1. The van der Waals surface area contributed by atoms with E-state index in [9.17, 15) is 10.1 Å². The Morgan fingerprint density at radius 3 is 2.44 bits per heavy atom. The van der Waals surface area contributed by atoms with Crippen LogP contribution < -0.4 is 9.47 Å². The molecule has 128 valence electrons. The second-order valence-electron chi connectivity index (χ2n) is 5.02. The lowest BCUT2D eigenvalue weighted by Crippen LogP contribution is -1.98. The van der Waals surface area contributed by atoms with E-state index in [0.717, 1.165) is 9.13 Å². The minimum atomic E-state index is -1.000. The van der Waals surface area contributed by atoms with E-state index in [2.05, 4.69) is 28.7 Å². The first-order valence-electron chi connectivity index (χ1n) is 7.46. The number of carboxylic acids is 1. The summed E-state index contributed by atoms with van der Waals surface area (Å²) in [5, 5.41) is 18.4. The average molecular weight is 449 g/mol. The van der Waals surface area contributed by atoms with Crippen molar-refractivity contribution in [3.63, 3.8) is 0 Å². The number of aromatic carboxylic acids is 1. The summed E-state index contributed by atoms with van der Waals surface area (Å²) >= 11 is 2.15. The Kier molecular flexibility index (Phi) is 6.42. The first-order chi connectivity index (χ1) is 12.0. The van der Waals surface area contributed by atoms with Gasteiger partial charge < -0.3 is 14.6 Å². The molecule has 0 aliphatic carbocycles. The Hall–Kier alpha value is -2.53. The van der Waals surface area contributed by atoms with Crippen LogP contribution in [0.5, 0.6) is 11.5 Å². The summed E-state index contributed by atoms with van der Waals surface area (Å²) in [7, 11) is 1.58. The van der Waals surface area contributed by atoms with Crippen molar-refractivity contribution in [2.24, 2.45) is 0 Å². The summed E-state index contributed by atoms with van der Waals surface area (Å²) in [5.41, 5.74) is 2.06. The zero-order chi connectivity index (χ0) is 18.4. The first-order valence-corrected chi connectivity index (χ1v) is 8.53. The van der Waals surface area contributed by atoms with Gasteiger partial charge in [0, 0.05) is 0 Å². The minimum Gasteiger partial charge on any atom is -0.492 e. The predicted molar refractivity (Wildman–Crippen MR) is 104 cm³/mol. The summed E-state index contributed by atoms with van der Waals surface area (Å²) < 4.78 is 11.8. The van der Waals surface area contributed by atoms with Gasteiger partial charge in [-0.2, -0.15) is 5.26 Å². The van der Waals surface area contributed by atoms with Crippen LogP contribution in [-0.4, -0.2) is 24.8 Å². The molecular formula is C19H16INO4. The fourth-order valence-corrected chi connectivity index (χ4v) is 3.12. The van der Waals surface area contributed by atoms with E-state index in [4.69, 9.17) is 14.6 Å². The molecule has 0 radical (unpaired) electrons. The van der Waals surface area contributed by atoms with Crippen molar-refractivity contribution in [3.05, 3.63) is 56.7 Å². The summed E-state index contributed by atoms with van der Waals surface area (Å²) in [6.45, 7) is 2.39. The van der Waals surface area contributed by atoms with E-state index < -0.39 is 5.97 Å². The van der Waals surface area contributed by atoms with Gasteiger partial charge in [0.1, 0.15) is 0 Å². The lowest BCUT2D eigenvalue weighted by atomic mass is 10.0. The molecule has 6 heteroatoms. The van der Waals surface area contributed by atoms with Crippen LogP contribution in [0.3, 0.4) is 0 Å². The largest absolute Gasteiger partial charge is 0.492 e. The molecular weight excluding hydrogens is 433 g/mol. The van der Waals surface area contributed by atoms with Crippen LogP contribution in [0.4, 0.5) is 0 Å². The molecule has 0 heterocycles. The van der Waals surface area contributed by atoms with Crippen LogP contribution in [0.25, 0.3) is 11.6 Å². The number of benzene rings is 2. The third-order valence-corrected chi connectivity index (χ3v) is 4.21. The van der Waals surface area contributed by atoms with Crippen molar-refractivity contribution in [2.45, 2.75) is 6.92 Å². The van der Waals surface area contributed by atoms with Crippen molar-refractivity contribution < 1.29 is 19.4 Å². The number of rotatable bonds is 6. The van der Waals surface area contributed by atoms with Crippen molar-refractivity contribution >= 4 is 40.2 Å². The van der Waals surface area contributed by atoms with Gasteiger partial charge >= 0.3 is 5.97 Å². The van der Waals surface area contributed by atoms with E-state index in [0.29, 0.717) is 29.2 Å². The van der Waals surface area contributed by atoms with Crippen molar-refractivity contribution in [1.82, 2.24) is 0 Å². The van der Waals surface area contributed by atoms with E-state index >= 15 is 0 Å². The highest BCUT2D eigenvalue weighted by Crippen LogP contribution is 2.35. The van der Waals surface area contributed by atoms with Gasteiger partial charge in [-0.3, -0.25) is 0 Å².